The molecule has 0 radical (unpaired) electrons. The number of nitrogens with one attached hydrogen (secondary N) is 1. The van der Waals surface area contributed by atoms with Gasteiger partial charge in [-0.25, -0.2) is 0 Å². The number of carbonyl (C=O) groups excluding carboxylic acids is 1. The van der Waals surface area contributed by atoms with E-state index in [4.69, 9.17) is 18.0 Å². The Labute approximate surface area is 105 Å². The van der Waals surface area contributed by atoms with Crippen LogP contribution in [0.25, 0.3) is 0 Å². The number of hydrogen-bond acceptors (Lipinski definition) is 3. The zero-order valence-corrected chi connectivity index (χ0v) is 11.2. The van der Waals surface area contributed by atoms with Crippen LogP contribution in [0, 0.1) is 12.8 Å². The summed E-state index contributed by atoms with van der Waals surface area (Å²) in [7, 11) is 0. The third-order valence-electron chi connectivity index (χ3n) is 2.22. The second kappa shape index (κ2) is 5.41. The summed E-state index contributed by atoms with van der Waals surface area (Å²) in [5.74, 6) is 0.0899. The van der Waals surface area contributed by atoms with Gasteiger partial charge in [0.25, 0.3) is 5.91 Å². The predicted molar refractivity (Wildman–Crippen MR) is 71.9 cm³/mol. The molecule has 3 N–H and O–H groups in total. The second-order valence-electron chi connectivity index (χ2n) is 4.01. The lowest BCUT2D eigenvalue weighted by Crippen LogP contribution is -2.46. The van der Waals surface area contributed by atoms with Crippen molar-refractivity contribution in [3.05, 3.63) is 21.9 Å². The summed E-state index contributed by atoms with van der Waals surface area (Å²) in [4.78, 5) is 14.0. The summed E-state index contributed by atoms with van der Waals surface area (Å²) in [5.41, 5.74) is 5.59. The molecule has 3 nitrogen and oxygen atoms in total. The van der Waals surface area contributed by atoms with Gasteiger partial charge in [0.2, 0.25) is 0 Å². The molecule has 1 amide bonds. The topological polar surface area (TPSA) is 55.1 Å². The summed E-state index contributed by atoms with van der Waals surface area (Å²) in [5, 5.41) is 2.85. The SMILES string of the molecule is Cc1ccc(C(=O)NC(C(N)=S)C(C)C)s1. The summed E-state index contributed by atoms with van der Waals surface area (Å²) < 4.78 is 0. The Balaban J connectivity index is 2.73. The first-order valence-corrected chi connectivity index (χ1v) is 6.31. The highest BCUT2D eigenvalue weighted by atomic mass is 32.1. The van der Waals surface area contributed by atoms with Crippen molar-refractivity contribution >= 4 is 34.5 Å². The van der Waals surface area contributed by atoms with E-state index >= 15 is 0 Å². The van der Waals surface area contributed by atoms with Gasteiger partial charge in [0.1, 0.15) is 0 Å². The van der Waals surface area contributed by atoms with Crippen LogP contribution >= 0.6 is 23.6 Å². The molecule has 1 heterocycles. The fourth-order valence-electron chi connectivity index (χ4n) is 1.34. The molecule has 1 aromatic heterocycles. The third kappa shape index (κ3) is 3.28. The van der Waals surface area contributed by atoms with Gasteiger partial charge in [0.15, 0.2) is 0 Å². The quantitative estimate of drug-likeness (QED) is 0.811. The average molecular weight is 256 g/mol. The van der Waals surface area contributed by atoms with Gasteiger partial charge in [0.05, 0.1) is 15.9 Å². The van der Waals surface area contributed by atoms with Crippen LogP contribution in [-0.2, 0) is 0 Å². The Hall–Kier alpha value is -0.940. The van der Waals surface area contributed by atoms with E-state index in [0.29, 0.717) is 9.87 Å². The molecular formula is C11H16N2OS2. The Morgan fingerprint density at radius 1 is 1.50 bits per heavy atom. The zero-order chi connectivity index (χ0) is 12.3. The second-order valence-corrected chi connectivity index (χ2v) is 5.77. The van der Waals surface area contributed by atoms with Crippen molar-refractivity contribution < 1.29 is 4.79 Å². The highest BCUT2D eigenvalue weighted by molar-refractivity contribution is 7.80. The number of aryl methyl sites for hydroxylation is 1. The summed E-state index contributed by atoms with van der Waals surface area (Å²) in [6.07, 6.45) is 0. The first kappa shape index (κ1) is 13.1. The lowest BCUT2D eigenvalue weighted by molar-refractivity contribution is 0.0944. The minimum absolute atomic E-state index is 0.107. The smallest absolute Gasteiger partial charge is 0.261 e. The van der Waals surface area contributed by atoms with Gasteiger partial charge in [-0.3, -0.25) is 4.79 Å². The third-order valence-corrected chi connectivity index (χ3v) is 3.48. The van der Waals surface area contributed by atoms with Gasteiger partial charge in [0, 0.05) is 4.88 Å². The minimum atomic E-state index is -0.245. The molecule has 1 rings (SSSR count). The molecule has 0 spiro atoms. The van der Waals surface area contributed by atoms with E-state index in [2.05, 4.69) is 5.32 Å². The minimum Gasteiger partial charge on any atom is -0.392 e. The van der Waals surface area contributed by atoms with Crippen LogP contribution in [0.4, 0.5) is 0 Å². The molecule has 5 heteroatoms. The number of carbonyl (C=O) groups is 1. The Kier molecular flexibility index (Phi) is 4.44. The van der Waals surface area contributed by atoms with Crippen LogP contribution in [-0.4, -0.2) is 16.9 Å². The number of hydrogen-bond donors (Lipinski definition) is 2. The Morgan fingerprint density at radius 3 is 2.50 bits per heavy atom. The lowest BCUT2D eigenvalue weighted by atomic mass is 10.0. The molecule has 16 heavy (non-hydrogen) atoms. The molecular weight excluding hydrogens is 240 g/mol. The van der Waals surface area contributed by atoms with Gasteiger partial charge < -0.3 is 11.1 Å². The fraction of sp³-hybridized carbons (Fsp3) is 0.455. The molecule has 0 aliphatic carbocycles. The maximum absolute atomic E-state index is 11.9. The first-order valence-electron chi connectivity index (χ1n) is 5.08. The normalized spacial score (nSPS) is 12.5. The summed E-state index contributed by atoms with van der Waals surface area (Å²) in [6, 6.07) is 3.49. The average Bonchev–Trinajstić information content (AvgIpc) is 2.59. The van der Waals surface area contributed by atoms with E-state index in [-0.39, 0.29) is 17.9 Å². The van der Waals surface area contributed by atoms with E-state index in [1.54, 1.807) is 0 Å². The van der Waals surface area contributed by atoms with E-state index in [9.17, 15) is 4.79 Å². The Morgan fingerprint density at radius 2 is 2.12 bits per heavy atom. The van der Waals surface area contributed by atoms with Crippen molar-refractivity contribution in [3.8, 4) is 0 Å². The number of thiophene rings is 1. The molecule has 1 unspecified atom stereocenters. The lowest BCUT2D eigenvalue weighted by Gasteiger charge is -2.20. The van der Waals surface area contributed by atoms with Crippen LogP contribution < -0.4 is 11.1 Å². The van der Waals surface area contributed by atoms with Crippen LogP contribution in [0.1, 0.15) is 28.4 Å². The maximum Gasteiger partial charge on any atom is 0.261 e. The van der Waals surface area contributed by atoms with Crippen LogP contribution in [0.15, 0.2) is 12.1 Å². The van der Waals surface area contributed by atoms with Gasteiger partial charge in [-0.1, -0.05) is 26.1 Å². The molecule has 0 aromatic carbocycles. The molecule has 1 aromatic rings. The van der Waals surface area contributed by atoms with E-state index in [0.717, 1.165) is 4.88 Å². The molecule has 1 atom stereocenters. The van der Waals surface area contributed by atoms with Crippen molar-refractivity contribution in [3.63, 3.8) is 0 Å². The van der Waals surface area contributed by atoms with Crippen molar-refractivity contribution in [1.29, 1.82) is 0 Å². The van der Waals surface area contributed by atoms with Crippen molar-refractivity contribution in [2.75, 3.05) is 0 Å². The number of thiocarbonyl (C=S) groups is 1. The molecule has 0 saturated carbocycles. The number of amides is 1. The number of nitrogens with two attached hydrogens (primary N) is 1. The standard InChI is InChI=1S/C11H16N2OS2/c1-6(2)9(10(12)15)13-11(14)8-5-4-7(3)16-8/h4-6,9H,1-3H3,(H2,12,15)(H,13,14). The first-order chi connectivity index (χ1) is 7.41. The maximum atomic E-state index is 11.9. The molecule has 0 aliphatic heterocycles. The van der Waals surface area contributed by atoms with Crippen LogP contribution in [0.5, 0.6) is 0 Å². The van der Waals surface area contributed by atoms with Gasteiger partial charge >= 0.3 is 0 Å². The largest absolute Gasteiger partial charge is 0.392 e. The van der Waals surface area contributed by atoms with E-state index in [1.165, 1.54) is 11.3 Å². The van der Waals surface area contributed by atoms with Crippen molar-refractivity contribution in [2.45, 2.75) is 26.8 Å². The van der Waals surface area contributed by atoms with Crippen molar-refractivity contribution in [1.82, 2.24) is 5.32 Å². The highest BCUT2D eigenvalue weighted by Gasteiger charge is 2.20. The fourth-order valence-corrected chi connectivity index (χ4v) is 2.44. The molecule has 0 saturated heterocycles. The van der Waals surface area contributed by atoms with Gasteiger partial charge in [-0.15, -0.1) is 11.3 Å². The zero-order valence-electron chi connectivity index (χ0n) is 9.61. The van der Waals surface area contributed by atoms with E-state index in [1.807, 2.05) is 32.9 Å². The van der Waals surface area contributed by atoms with E-state index < -0.39 is 0 Å². The predicted octanol–water partition coefficient (Wildman–Crippen LogP) is 2.10. The molecule has 88 valence electrons. The Bertz CT molecular complexity index is 398. The van der Waals surface area contributed by atoms with Gasteiger partial charge in [-0.2, -0.15) is 0 Å². The van der Waals surface area contributed by atoms with Crippen LogP contribution in [0.3, 0.4) is 0 Å². The monoisotopic (exact) mass is 256 g/mol. The van der Waals surface area contributed by atoms with Crippen molar-refractivity contribution in [2.24, 2.45) is 11.7 Å². The molecule has 0 bridgehead atoms. The molecule has 0 aliphatic rings. The molecule has 0 fully saturated rings. The highest BCUT2D eigenvalue weighted by Crippen LogP contribution is 2.15. The van der Waals surface area contributed by atoms with Crippen LogP contribution in [0.2, 0.25) is 0 Å². The summed E-state index contributed by atoms with van der Waals surface area (Å²) in [6.45, 7) is 5.92. The number of rotatable bonds is 4. The summed E-state index contributed by atoms with van der Waals surface area (Å²) >= 11 is 6.40. The van der Waals surface area contributed by atoms with Gasteiger partial charge in [-0.05, 0) is 25.0 Å².